The second-order valence-corrected chi connectivity index (χ2v) is 7.16. The molecule has 0 saturated heterocycles. The van der Waals surface area contributed by atoms with Crippen LogP contribution in [0.25, 0.3) is 17.0 Å². The maximum atomic E-state index is 12.4. The van der Waals surface area contributed by atoms with E-state index in [1.807, 2.05) is 12.1 Å². The van der Waals surface area contributed by atoms with Gasteiger partial charge in [-0.15, -0.1) is 0 Å². The molecule has 1 heterocycles. The highest BCUT2D eigenvalue weighted by Crippen LogP contribution is 2.27. The molecule has 0 aliphatic rings. The van der Waals surface area contributed by atoms with Crippen LogP contribution in [0.4, 0.5) is 22.9 Å². The Labute approximate surface area is 187 Å². The van der Waals surface area contributed by atoms with Gasteiger partial charge in [0.1, 0.15) is 12.1 Å². The van der Waals surface area contributed by atoms with Crippen LogP contribution in [0.15, 0.2) is 79.1 Å². The molecular formula is C23H16ClN5O3. The number of fused-ring (bicyclic) bond motifs is 1. The Morgan fingerprint density at radius 2 is 1.84 bits per heavy atom. The van der Waals surface area contributed by atoms with Crippen LogP contribution in [0.1, 0.15) is 5.56 Å². The summed E-state index contributed by atoms with van der Waals surface area (Å²) in [4.78, 5) is 31.6. The molecule has 0 spiro atoms. The van der Waals surface area contributed by atoms with Crippen molar-refractivity contribution in [2.75, 3.05) is 10.6 Å². The van der Waals surface area contributed by atoms with Crippen molar-refractivity contribution in [3.05, 3.63) is 99.8 Å². The summed E-state index contributed by atoms with van der Waals surface area (Å²) < 4.78 is 0. The molecule has 158 valence electrons. The molecule has 0 radical (unpaired) electrons. The number of carbonyl (C=O) groups excluding carboxylic acids is 1. The minimum Gasteiger partial charge on any atom is -0.340 e. The Kier molecular flexibility index (Phi) is 6.05. The zero-order chi connectivity index (χ0) is 22.5. The van der Waals surface area contributed by atoms with Crippen molar-refractivity contribution in [3.8, 4) is 0 Å². The van der Waals surface area contributed by atoms with E-state index in [9.17, 15) is 14.9 Å². The highest BCUT2D eigenvalue weighted by atomic mass is 35.5. The molecule has 2 N–H and O–H groups in total. The number of nitro benzene ring substituents is 1. The van der Waals surface area contributed by atoms with Gasteiger partial charge in [0.25, 0.3) is 5.69 Å². The summed E-state index contributed by atoms with van der Waals surface area (Å²) >= 11 is 6.05. The number of amides is 1. The second-order valence-electron chi connectivity index (χ2n) is 6.73. The predicted octanol–water partition coefficient (Wildman–Crippen LogP) is 5.59. The first-order chi connectivity index (χ1) is 15.5. The van der Waals surface area contributed by atoms with E-state index in [0.29, 0.717) is 33.0 Å². The number of nitro groups is 1. The molecule has 1 amide bonds. The van der Waals surface area contributed by atoms with Crippen LogP contribution in [0.5, 0.6) is 0 Å². The van der Waals surface area contributed by atoms with Crippen LogP contribution in [0, 0.1) is 10.1 Å². The minimum atomic E-state index is -0.491. The number of hydrogen-bond donors (Lipinski definition) is 2. The zero-order valence-electron chi connectivity index (χ0n) is 16.5. The van der Waals surface area contributed by atoms with Crippen molar-refractivity contribution in [1.29, 1.82) is 0 Å². The van der Waals surface area contributed by atoms with Gasteiger partial charge in [0, 0.05) is 33.9 Å². The van der Waals surface area contributed by atoms with E-state index in [4.69, 9.17) is 11.6 Å². The third-order valence-corrected chi connectivity index (χ3v) is 4.77. The summed E-state index contributed by atoms with van der Waals surface area (Å²) in [5.74, 6) is 0.132. The first-order valence-corrected chi connectivity index (χ1v) is 9.87. The van der Waals surface area contributed by atoms with E-state index in [0.717, 1.165) is 5.69 Å². The number of hydrogen-bond acceptors (Lipinski definition) is 6. The van der Waals surface area contributed by atoms with Gasteiger partial charge in [-0.2, -0.15) is 0 Å². The zero-order valence-corrected chi connectivity index (χ0v) is 17.3. The van der Waals surface area contributed by atoms with Crippen LogP contribution >= 0.6 is 11.6 Å². The SMILES string of the molecule is O=C(/C=C/c1ccccc1[N+](=O)[O-])Nc1ccc2ncnc(Nc3cccc(Cl)c3)c2c1. The Morgan fingerprint density at radius 1 is 1.00 bits per heavy atom. The lowest BCUT2D eigenvalue weighted by Gasteiger charge is -2.10. The maximum absolute atomic E-state index is 12.4. The van der Waals surface area contributed by atoms with E-state index in [1.165, 1.54) is 24.5 Å². The largest absolute Gasteiger partial charge is 0.340 e. The van der Waals surface area contributed by atoms with Gasteiger partial charge in [-0.25, -0.2) is 9.97 Å². The van der Waals surface area contributed by atoms with Crippen molar-refractivity contribution in [1.82, 2.24) is 9.97 Å². The molecule has 32 heavy (non-hydrogen) atoms. The van der Waals surface area contributed by atoms with Gasteiger partial charge in [-0.05, 0) is 48.5 Å². The molecule has 1 aromatic heterocycles. The fraction of sp³-hybridized carbons (Fsp3) is 0. The van der Waals surface area contributed by atoms with Crippen LogP contribution < -0.4 is 10.6 Å². The molecule has 0 atom stereocenters. The van der Waals surface area contributed by atoms with Crippen molar-refractivity contribution in [2.24, 2.45) is 0 Å². The molecule has 0 bridgehead atoms. The van der Waals surface area contributed by atoms with Gasteiger partial charge in [0.2, 0.25) is 5.91 Å². The smallest absolute Gasteiger partial charge is 0.276 e. The molecular weight excluding hydrogens is 430 g/mol. The quantitative estimate of drug-likeness (QED) is 0.227. The van der Waals surface area contributed by atoms with E-state index >= 15 is 0 Å². The average Bonchev–Trinajstić information content (AvgIpc) is 2.78. The average molecular weight is 446 g/mol. The van der Waals surface area contributed by atoms with Gasteiger partial charge in [0.05, 0.1) is 16.0 Å². The van der Waals surface area contributed by atoms with E-state index < -0.39 is 10.8 Å². The molecule has 0 fully saturated rings. The van der Waals surface area contributed by atoms with E-state index in [1.54, 1.807) is 48.5 Å². The summed E-state index contributed by atoms with van der Waals surface area (Å²) in [5, 5.41) is 18.4. The van der Waals surface area contributed by atoms with Crippen molar-refractivity contribution in [3.63, 3.8) is 0 Å². The first kappa shape index (κ1) is 21.0. The van der Waals surface area contributed by atoms with Crippen LogP contribution in [0.2, 0.25) is 5.02 Å². The summed E-state index contributed by atoms with van der Waals surface area (Å²) in [6.07, 6.45) is 4.10. The third kappa shape index (κ3) is 4.88. The summed E-state index contributed by atoms with van der Waals surface area (Å²) in [7, 11) is 0. The summed E-state index contributed by atoms with van der Waals surface area (Å²) in [6.45, 7) is 0. The van der Waals surface area contributed by atoms with Crippen molar-refractivity contribution in [2.45, 2.75) is 0 Å². The number of anilines is 3. The fourth-order valence-electron chi connectivity index (χ4n) is 3.08. The van der Waals surface area contributed by atoms with Crippen molar-refractivity contribution >= 4 is 57.4 Å². The van der Waals surface area contributed by atoms with Crippen molar-refractivity contribution < 1.29 is 9.72 Å². The molecule has 4 rings (SSSR count). The Morgan fingerprint density at radius 3 is 2.66 bits per heavy atom. The number of carbonyl (C=O) groups is 1. The molecule has 3 aromatic carbocycles. The molecule has 0 aliphatic carbocycles. The minimum absolute atomic E-state index is 0.0730. The molecule has 0 aliphatic heterocycles. The topological polar surface area (TPSA) is 110 Å². The van der Waals surface area contributed by atoms with Gasteiger partial charge >= 0.3 is 0 Å². The number of nitrogens with one attached hydrogen (secondary N) is 2. The first-order valence-electron chi connectivity index (χ1n) is 9.49. The van der Waals surface area contributed by atoms with Gasteiger partial charge in [0.15, 0.2) is 0 Å². The third-order valence-electron chi connectivity index (χ3n) is 4.54. The number of rotatable bonds is 6. The van der Waals surface area contributed by atoms with E-state index in [-0.39, 0.29) is 5.69 Å². The maximum Gasteiger partial charge on any atom is 0.276 e. The summed E-state index contributed by atoms with van der Waals surface area (Å²) in [6, 6.07) is 18.7. The van der Waals surface area contributed by atoms with Gasteiger partial charge in [-0.1, -0.05) is 29.8 Å². The predicted molar refractivity (Wildman–Crippen MR) is 125 cm³/mol. The number of aromatic nitrogens is 2. The second kappa shape index (κ2) is 9.23. The van der Waals surface area contributed by atoms with Gasteiger partial charge in [-0.3, -0.25) is 14.9 Å². The standard InChI is InChI=1S/C23H16ClN5O3/c24-16-5-3-6-17(12-16)28-23-19-13-18(9-10-20(19)25-14-26-23)27-22(30)11-8-15-4-1-2-7-21(15)29(31)32/h1-14H,(H,27,30)(H,25,26,28)/b11-8+. The van der Waals surface area contributed by atoms with Gasteiger partial charge < -0.3 is 10.6 Å². The number of nitrogens with zero attached hydrogens (tertiary/aromatic N) is 3. The lowest BCUT2D eigenvalue weighted by atomic mass is 10.1. The Bertz CT molecular complexity index is 1360. The molecule has 0 saturated carbocycles. The molecule has 9 heteroatoms. The lowest BCUT2D eigenvalue weighted by Crippen LogP contribution is -2.08. The highest BCUT2D eigenvalue weighted by Gasteiger charge is 2.10. The molecule has 8 nitrogen and oxygen atoms in total. The lowest BCUT2D eigenvalue weighted by molar-refractivity contribution is -0.385. The van der Waals surface area contributed by atoms with Crippen LogP contribution in [-0.4, -0.2) is 20.8 Å². The fourth-order valence-corrected chi connectivity index (χ4v) is 3.27. The van der Waals surface area contributed by atoms with E-state index in [2.05, 4.69) is 20.6 Å². The monoisotopic (exact) mass is 445 g/mol. The van der Waals surface area contributed by atoms with Crippen LogP contribution in [0.3, 0.4) is 0 Å². The normalized spacial score (nSPS) is 10.9. The molecule has 0 unspecified atom stereocenters. The number of benzene rings is 3. The number of halogens is 1. The Balaban J connectivity index is 1.56. The number of para-hydroxylation sites is 1. The Hall–Kier alpha value is -4.30. The molecule has 4 aromatic rings. The summed E-state index contributed by atoms with van der Waals surface area (Å²) in [5.41, 5.74) is 2.25. The highest BCUT2D eigenvalue weighted by molar-refractivity contribution is 6.30. The van der Waals surface area contributed by atoms with Crippen LogP contribution in [-0.2, 0) is 4.79 Å².